The van der Waals surface area contributed by atoms with Gasteiger partial charge in [0.05, 0.1) is 11.4 Å². The van der Waals surface area contributed by atoms with Crippen molar-refractivity contribution in [2.45, 2.75) is 25.2 Å². The number of hydrogen-bond donors (Lipinski definition) is 1. The Labute approximate surface area is 223 Å². The van der Waals surface area contributed by atoms with E-state index in [-0.39, 0.29) is 18.3 Å². The van der Waals surface area contributed by atoms with Gasteiger partial charge in [0.1, 0.15) is 12.4 Å². The zero-order valence-corrected chi connectivity index (χ0v) is 21.9. The molecule has 0 aliphatic heterocycles. The molecule has 9 heteroatoms. The molecular weight excluding hydrogens is 502 g/mol. The van der Waals surface area contributed by atoms with E-state index in [9.17, 15) is 4.79 Å². The quantitative estimate of drug-likeness (QED) is 0.168. The lowest BCUT2D eigenvalue weighted by Gasteiger charge is -2.11. The van der Waals surface area contributed by atoms with Crippen LogP contribution in [0.15, 0.2) is 90.6 Å². The number of nitrogens with zero attached hydrogens (tertiary/aromatic N) is 4. The van der Waals surface area contributed by atoms with Gasteiger partial charge in [-0.3, -0.25) is 9.36 Å². The number of rotatable bonds is 10. The molecule has 0 atom stereocenters. The molecule has 186 valence electrons. The first-order valence-electron chi connectivity index (χ1n) is 11.7. The highest BCUT2D eigenvalue weighted by Gasteiger charge is 2.16. The third-order valence-electron chi connectivity index (χ3n) is 5.63. The molecule has 0 saturated carbocycles. The third kappa shape index (κ3) is 5.73. The van der Waals surface area contributed by atoms with Crippen molar-refractivity contribution in [2.75, 3.05) is 11.1 Å². The molecule has 0 radical (unpaired) electrons. The standard InChI is InChI=1S/C28H25N5O2S2/c1-3-16-33-24(17-35-23-15-9-13-20-10-7-8-14-22(20)23)31-32-28(33)36-18-25(34)29-27-30-26(19(2)37-27)21-11-5-4-6-12-21/h3-15H,1,16-18H2,2H3,(H,29,30,34). The van der Waals surface area contributed by atoms with Crippen LogP contribution in [0.4, 0.5) is 5.13 Å². The van der Waals surface area contributed by atoms with Crippen LogP contribution < -0.4 is 10.1 Å². The topological polar surface area (TPSA) is 81.9 Å². The van der Waals surface area contributed by atoms with Crippen molar-refractivity contribution in [3.05, 3.63) is 96.2 Å². The summed E-state index contributed by atoms with van der Waals surface area (Å²) in [7, 11) is 0. The number of amides is 1. The molecule has 2 aromatic heterocycles. The highest BCUT2D eigenvalue weighted by Crippen LogP contribution is 2.30. The van der Waals surface area contributed by atoms with Crippen molar-refractivity contribution in [2.24, 2.45) is 0 Å². The van der Waals surface area contributed by atoms with Crippen molar-refractivity contribution in [1.29, 1.82) is 0 Å². The van der Waals surface area contributed by atoms with Crippen LogP contribution >= 0.6 is 23.1 Å². The summed E-state index contributed by atoms with van der Waals surface area (Å²) in [6.45, 7) is 6.62. The van der Waals surface area contributed by atoms with Crippen molar-refractivity contribution < 1.29 is 9.53 Å². The van der Waals surface area contributed by atoms with Crippen molar-refractivity contribution in [3.8, 4) is 17.0 Å². The molecule has 7 nitrogen and oxygen atoms in total. The van der Waals surface area contributed by atoms with Gasteiger partial charge >= 0.3 is 0 Å². The van der Waals surface area contributed by atoms with Gasteiger partial charge in [0.15, 0.2) is 16.1 Å². The molecule has 0 aliphatic carbocycles. The van der Waals surface area contributed by atoms with Crippen molar-refractivity contribution >= 4 is 44.9 Å². The lowest BCUT2D eigenvalue weighted by atomic mass is 10.1. The molecule has 3 aromatic carbocycles. The smallest absolute Gasteiger partial charge is 0.236 e. The normalized spacial score (nSPS) is 10.9. The number of allylic oxidation sites excluding steroid dienone is 1. The monoisotopic (exact) mass is 527 g/mol. The Hall–Kier alpha value is -3.95. The van der Waals surface area contributed by atoms with Crippen LogP contribution in [0, 0.1) is 6.92 Å². The molecule has 0 spiro atoms. The zero-order valence-electron chi connectivity index (χ0n) is 20.3. The van der Waals surface area contributed by atoms with E-state index in [1.807, 2.05) is 72.2 Å². The average molecular weight is 528 g/mol. The molecule has 0 saturated heterocycles. The van der Waals surface area contributed by atoms with Crippen LogP contribution in [0.3, 0.4) is 0 Å². The number of hydrogen-bond acceptors (Lipinski definition) is 7. The minimum atomic E-state index is -0.153. The molecule has 1 amide bonds. The summed E-state index contributed by atoms with van der Waals surface area (Å²) in [6, 6.07) is 24.0. The Kier molecular flexibility index (Phi) is 7.62. The van der Waals surface area contributed by atoms with E-state index in [0.717, 1.165) is 32.7 Å². The molecule has 0 bridgehead atoms. The Morgan fingerprint density at radius 1 is 1.08 bits per heavy atom. The summed E-state index contributed by atoms with van der Waals surface area (Å²) in [6.07, 6.45) is 1.78. The van der Waals surface area contributed by atoms with Crippen molar-refractivity contribution in [3.63, 3.8) is 0 Å². The largest absolute Gasteiger partial charge is 0.485 e. The number of aryl methyl sites for hydroxylation is 1. The summed E-state index contributed by atoms with van der Waals surface area (Å²) in [5, 5.41) is 14.9. The Bertz CT molecular complexity index is 1540. The molecular formula is C28H25N5O2S2. The van der Waals surface area contributed by atoms with Gasteiger partial charge in [0.2, 0.25) is 5.91 Å². The molecule has 0 unspecified atom stereocenters. The molecule has 0 fully saturated rings. The number of nitrogens with one attached hydrogen (secondary N) is 1. The molecule has 5 rings (SSSR count). The Morgan fingerprint density at radius 3 is 2.70 bits per heavy atom. The maximum Gasteiger partial charge on any atom is 0.236 e. The maximum atomic E-state index is 12.7. The van der Waals surface area contributed by atoms with Gasteiger partial charge < -0.3 is 10.1 Å². The molecule has 0 aliphatic rings. The number of fused-ring (bicyclic) bond motifs is 1. The number of carbonyl (C=O) groups excluding carboxylic acids is 1. The van der Waals surface area contributed by atoms with Gasteiger partial charge in [-0.25, -0.2) is 4.98 Å². The van der Waals surface area contributed by atoms with Gasteiger partial charge in [-0.15, -0.1) is 28.1 Å². The molecule has 2 heterocycles. The number of anilines is 1. The lowest BCUT2D eigenvalue weighted by molar-refractivity contribution is -0.113. The zero-order chi connectivity index (χ0) is 25.6. The summed E-state index contributed by atoms with van der Waals surface area (Å²) in [4.78, 5) is 18.4. The van der Waals surface area contributed by atoms with E-state index in [2.05, 4.69) is 39.2 Å². The first-order valence-corrected chi connectivity index (χ1v) is 13.5. The lowest BCUT2D eigenvalue weighted by Crippen LogP contribution is -2.15. The fraction of sp³-hybridized carbons (Fsp3) is 0.143. The fourth-order valence-corrected chi connectivity index (χ4v) is 5.53. The molecule has 5 aromatic rings. The van der Waals surface area contributed by atoms with Crippen molar-refractivity contribution in [1.82, 2.24) is 19.7 Å². The van der Waals surface area contributed by atoms with Gasteiger partial charge in [0, 0.05) is 22.4 Å². The predicted octanol–water partition coefficient (Wildman–Crippen LogP) is 6.36. The van der Waals surface area contributed by atoms with Crippen LogP contribution in [0.2, 0.25) is 0 Å². The second kappa shape index (κ2) is 11.4. The minimum Gasteiger partial charge on any atom is -0.485 e. The Morgan fingerprint density at radius 2 is 1.86 bits per heavy atom. The predicted molar refractivity (Wildman–Crippen MR) is 150 cm³/mol. The summed E-state index contributed by atoms with van der Waals surface area (Å²) >= 11 is 2.78. The number of aromatic nitrogens is 4. The van der Waals surface area contributed by atoms with Gasteiger partial charge in [-0.1, -0.05) is 84.6 Å². The van der Waals surface area contributed by atoms with Gasteiger partial charge in [-0.05, 0) is 18.4 Å². The molecule has 37 heavy (non-hydrogen) atoms. The first-order chi connectivity index (χ1) is 18.1. The Balaban J connectivity index is 1.23. The van der Waals surface area contributed by atoms with E-state index in [0.29, 0.717) is 22.7 Å². The average Bonchev–Trinajstić information content (AvgIpc) is 3.49. The maximum absolute atomic E-state index is 12.7. The van der Waals surface area contributed by atoms with Crippen LogP contribution in [-0.2, 0) is 17.9 Å². The van der Waals surface area contributed by atoms with Crippen LogP contribution in [0.5, 0.6) is 5.75 Å². The minimum absolute atomic E-state index is 0.153. The highest BCUT2D eigenvalue weighted by atomic mass is 32.2. The van der Waals surface area contributed by atoms with Crippen LogP contribution in [0.1, 0.15) is 10.7 Å². The SMILES string of the molecule is C=CCn1c(COc2cccc3ccccc23)nnc1SCC(=O)Nc1nc(-c2ccccc2)c(C)s1. The van der Waals surface area contributed by atoms with Crippen LogP contribution in [0.25, 0.3) is 22.0 Å². The summed E-state index contributed by atoms with van der Waals surface area (Å²) < 4.78 is 8.02. The van der Waals surface area contributed by atoms with Gasteiger partial charge in [-0.2, -0.15) is 0 Å². The van der Waals surface area contributed by atoms with E-state index >= 15 is 0 Å². The number of thioether (sulfide) groups is 1. The number of ether oxygens (including phenoxy) is 1. The first kappa shape index (κ1) is 24.7. The summed E-state index contributed by atoms with van der Waals surface area (Å²) in [5.41, 5.74) is 1.91. The highest BCUT2D eigenvalue weighted by molar-refractivity contribution is 7.99. The van der Waals surface area contributed by atoms with Gasteiger partial charge in [0.25, 0.3) is 0 Å². The second-order valence-corrected chi connectivity index (χ2v) is 10.3. The van der Waals surface area contributed by atoms with E-state index < -0.39 is 0 Å². The number of thiazole rings is 1. The van der Waals surface area contributed by atoms with Crippen LogP contribution in [-0.4, -0.2) is 31.4 Å². The van der Waals surface area contributed by atoms with E-state index in [1.54, 1.807) is 6.08 Å². The van der Waals surface area contributed by atoms with E-state index in [4.69, 9.17) is 4.74 Å². The third-order valence-corrected chi connectivity index (χ3v) is 7.49. The number of benzene rings is 3. The fourth-order valence-electron chi connectivity index (χ4n) is 3.91. The summed E-state index contributed by atoms with van der Waals surface area (Å²) in [5.74, 6) is 1.48. The van der Waals surface area contributed by atoms with E-state index in [1.165, 1.54) is 23.1 Å². The molecule has 1 N–H and O–H groups in total. The second-order valence-electron chi connectivity index (χ2n) is 8.19. The number of carbonyl (C=O) groups is 1.